The van der Waals surface area contributed by atoms with Crippen LogP contribution in [0.4, 0.5) is 0 Å². The number of phenolic OH excluding ortho intramolecular Hbond substituents is 1. The molecule has 3 aliphatic rings. The third-order valence-corrected chi connectivity index (χ3v) is 7.29. The molecule has 37 heavy (non-hydrogen) atoms. The number of carbonyl (C=O) groups is 2. The molecule has 2 amide bonds. The number of nitrogens with one attached hydrogen (secondary N) is 3. The van der Waals surface area contributed by atoms with Crippen LogP contribution in [0.3, 0.4) is 0 Å². The normalized spacial score (nSPS) is 27.7. The summed E-state index contributed by atoms with van der Waals surface area (Å²) in [5.41, 5.74) is 1.43. The lowest BCUT2D eigenvalue weighted by atomic mass is 9.68. The van der Waals surface area contributed by atoms with Gasteiger partial charge in [0.05, 0.1) is 17.6 Å². The highest BCUT2D eigenvalue weighted by atomic mass is 16.7. The van der Waals surface area contributed by atoms with Crippen LogP contribution in [0.15, 0.2) is 30.3 Å². The standard InChI is InChI=1S/C26H31N3O8/c1-2-3-7-27-10-12-5-4-6-13(8-12)25(34)28-18-16-14-9-15-24(37-11-36-15)20(30)17(14)26(35)29-19(16)22(32)23(33)21(18)31/h4-6,8-9,16,18-19,21-23,27,30-33H,2-3,7,10-11H2,1H3,(H,28,34)(H,29,35). The van der Waals surface area contributed by atoms with Crippen molar-refractivity contribution in [3.63, 3.8) is 0 Å². The van der Waals surface area contributed by atoms with Crippen LogP contribution in [-0.4, -0.2) is 76.0 Å². The van der Waals surface area contributed by atoms with E-state index >= 15 is 0 Å². The number of ether oxygens (including phenoxy) is 2. The molecule has 11 heteroatoms. The second kappa shape index (κ2) is 10.2. The molecule has 0 bridgehead atoms. The molecular weight excluding hydrogens is 482 g/mol. The minimum atomic E-state index is -1.63. The summed E-state index contributed by atoms with van der Waals surface area (Å²) in [7, 11) is 0. The molecule has 7 N–H and O–H groups in total. The molecule has 198 valence electrons. The van der Waals surface area contributed by atoms with Gasteiger partial charge < -0.3 is 45.9 Å². The fourth-order valence-electron chi connectivity index (χ4n) is 5.37. The molecule has 11 nitrogen and oxygen atoms in total. The van der Waals surface area contributed by atoms with Crippen molar-refractivity contribution in [3.05, 3.63) is 52.6 Å². The lowest BCUT2D eigenvalue weighted by molar-refractivity contribution is -0.117. The summed E-state index contributed by atoms with van der Waals surface area (Å²) < 4.78 is 10.7. The Bertz CT molecular complexity index is 1200. The first-order valence-electron chi connectivity index (χ1n) is 12.4. The van der Waals surface area contributed by atoms with Gasteiger partial charge in [-0.05, 0) is 42.3 Å². The maximum Gasteiger partial charge on any atom is 0.255 e. The summed E-state index contributed by atoms with van der Waals surface area (Å²) in [6.07, 6.45) is -2.59. The lowest BCUT2D eigenvalue weighted by Gasteiger charge is -2.49. The number of aliphatic hydroxyl groups excluding tert-OH is 3. The van der Waals surface area contributed by atoms with Gasteiger partial charge in [0.15, 0.2) is 11.5 Å². The highest BCUT2D eigenvalue weighted by Gasteiger charge is 2.54. The second-order valence-electron chi connectivity index (χ2n) is 9.65. The van der Waals surface area contributed by atoms with E-state index in [-0.39, 0.29) is 29.4 Å². The zero-order valence-electron chi connectivity index (χ0n) is 20.3. The quantitative estimate of drug-likeness (QED) is 0.254. The first kappa shape index (κ1) is 25.3. The van der Waals surface area contributed by atoms with Gasteiger partial charge in [0.25, 0.3) is 11.8 Å². The topological polar surface area (TPSA) is 170 Å². The van der Waals surface area contributed by atoms with Gasteiger partial charge in [0.1, 0.15) is 18.3 Å². The average Bonchev–Trinajstić information content (AvgIpc) is 3.37. The van der Waals surface area contributed by atoms with Gasteiger partial charge in [0, 0.05) is 18.0 Å². The maximum atomic E-state index is 13.3. The van der Waals surface area contributed by atoms with Gasteiger partial charge in [-0.2, -0.15) is 0 Å². The first-order valence-corrected chi connectivity index (χ1v) is 12.4. The van der Waals surface area contributed by atoms with Crippen LogP contribution in [0, 0.1) is 0 Å². The van der Waals surface area contributed by atoms with E-state index in [9.17, 15) is 30.0 Å². The number of rotatable bonds is 7. The highest BCUT2D eigenvalue weighted by molar-refractivity contribution is 6.02. The SMILES string of the molecule is CCCCNCc1cccc(C(=O)NC2C(O)C(O)C(O)C3NC(=O)c4c(cc5c(c4O)OCO5)C23)c1. The summed E-state index contributed by atoms with van der Waals surface area (Å²) in [6.45, 7) is 3.42. The van der Waals surface area contributed by atoms with Crippen molar-refractivity contribution in [1.82, 2.24) is 16.0 Å². The van der Waals surface area contributed by atoms with Crippen LogP contribution in [0.1, 0.15) is 57.5 Å². The summed E-state index contributed by atoms with van der Waals surface area (Å²) in [5, 5.41) is 51.7. The Morgan fingerprint density at radius 2 is 1.95 bits per heavy atom. The Morgan fingerprint density at radius 3 is 2.73 bits per heavy atom. The van der Waals surface area contributed by atoms with Gasteiger partial charge in [0.2, 0.25) is 12.5 Å². The average molecular weight is 514 g/mol. The highest BCUT2D eigenvalue weighted by Crippen LogP contribution is 2.50. The zero-order chi connectivity index (χ0) is 26.3. The smallest absolute Gasteiger partial charge is 0.255 e. The van der Waals surface area contributed by atoms with E-state index < -0.39 is 53.9 Å². The number of aromatic hydroxyl groups is 1. The number of benzene rings is 2. The molecule has 2 heterocycles. The van der Waals surface area contributed by atoms with Gasteiger partial charge >= 0.3 is 0 Å². The van der Waals surface area contributed by atoms with Crippen LogP contribution in [-0.2, 0) is 6.54 Å². The Hall–Kier alpha value is -3.38. The van der Waals surface area contributed by atoms with Crippen LogP contribution in [0.25, 0.3) is 0 Å². The number of aliphatic hydroxyl groups is 3. The number of fused-ring (bicyclic) bond motifs is 4. The van der Waals surface area contributed by atoms with Crippen molar-refractivity contribution in [3.8, 4) is 17.2 Å². The Morgan fingerprint density at radius 1 is 1.14 bits per heavy atom. The molecule has 0 saturated heterocycles. The second-order valence-corrected chi connectivity index (χ2v) is 9.65. The number of hydrogen-bond acceptors (Lipinski definition) is 9. The van der Waals surface area contributed by atoms with Crippen molar-refractivity contribution in [1.29, 1.82) is 0 Å². The van der Waals surface area contributed by atoms with E-state index in [1.807, 2.05) is 6.07 Å². The van der Waals surface area contributed by atoms with Crippen molar-refractivity contribution in [2.75, 3.05) is 13.3 Å². The monoisotopic (exact) mass is 513 g/mol. The van der Waals surface area contributed by atoms with Crippen LogP contribution in [0.5, 0.6) is 17.2 Å². The lowest BCUT2D eigenvalue weighted by Crippen LogP contribution is -2.69. The predicted octanol–water partition coefficient (Wildman–Crippen LogP) is 0.101. The fourth-order valence-corrected chi connectivity index (χ4v) is 5.37. The number of hydrogen-bond donors (Lipinski definition) is 7. The van der Waals surface area contributed by atoms with Crippen molar-refractivity contribution in [2.45, 2.75) is 62.6 Å². The molecule has 2 aliphatic heterocycles. The molecule has 1 saturated carbocycles. The molecule has 2 aromatic rings. The third-order valence-electron chi connectivity index (χ3n) is 7.29. The molecule has 0 radical (unpaired) electrons. The fraction of sp³-hybridized carbons (Fsp3) is 0.462. The minimum Gasteiger partial charge on any atom is -0.504 e. The Balaban J connectivity index is 1.46. The van der Waals surface area contributed by atoms with Crippen LogP contribution in [0.2, 0.25) is 0 Å². The van der Waals surface area contributed by atoms with Crippen molar-refractivity contribution in [2.24, 2.45) is 0 Å². The molecular formula is C26H31N3O8. The Labute approximate surface area is 213 Å². The van der Waals surface area contributed by atoms with E-state index in [0.717, 1.165) is 24.9 Å². The van der Waals surface area contributed by atoms with E-state index in [2.05, 4.69) is 22.9 Å². The Kier molecular flexibility index (Phi) is 6.95. The van der Waals surface area contributed by atoms with E-state index in [0.29, 0.717) is 12.1 Å². The number of amides is 2. The molecule has 6 unspecified atom stereocenters. The predicted molar refractivity (Wildman–Crippen MR) is 131 cm³/mol. The molecule has 2 aromatic carbocycles. The summed E-state index contributed by atoms with van der Waals surface area (Å²) >= 11 is 0. The number of unbranched alkanes of at least 4 members (excludes halogenated alkanes) is 1. The number of phenols is 1. The van der Waals surface area contributed by atoms with E-state index in [4.69, 9.17) is 9.47 Å². The molecule has 6 atom stereocenters. The van der Waals surface area contributed by atoms with Crippen molar-refractivity contribution < 1.29 is 39.5 Å². The van der Waals surface area contributed by atoms with Crippen LogP contribution < -0.4 is 25.4 Å². The minimum absolute atomic E-state index is 0.0224. The zero-order valence-corrected chi connectivity index (χ0v) is 20.3. The van der Waals surface area contributed by atoms with Gasteiger partial charge in [-0.15, -0.1) is 0 Å². The van der Waals surface area contributed by atoms with Gasteiger partial charge in [-0.25, -0.2) is 0 Å². The third kappa shape index (κ3) is 4.48. The first-order chi connectivity index (χ1) is 17.8. The summed E-state index contributed by atoms with van der Waals surface area (Å²) in [6, 6.07) is 6.40. The maximum absolute atomic E-state index is 13.3. The largest absolute Gasteiger partial charge is 0.504 e. The van der Waals surface area contributed by atoms with E-state index in [1.165, 1.54) is 6.07 Å². The van der Waals surface area contributed by atoms with Crippen LogP contribution >= 0.6 is 0 Å². The summed E-state index contributed by atoms with van der Waals surface area (Å²) in [5.74, 6) is -2.26. The molecule has 0 aromatic heterocycles. The number of carbonyl (C=O) groups excluding carboxylic acids is 2. The van der Waals surface area contributed by atoms with Crippen molar-refractivity contribution >= 4 is 11.8 Å². The molecule has 5 rings (SSSR count). The molecule has 0 spiro atoms. The van der Waals surface area contributed by atoms with Gasteiger partial charge in [-0.1, -0.05) is 25.5 Å². The van der Waals surface area contributed by atoms with E-state index in [1.54, 1.807) is 18.2 Å². The summed E-state index contributed by atoms with van der Waals surface area (Å²) in [4.78, 5) is 26.2. The molecule has 1 aliphatic carbocycles. The van der Waals surface area contributed by atoms with Gasteiger partial charge in [-0.3, -0.25) is 9.59 Å². The molecule has 1 fully saturated rings.